The van der Waals surface area contributed by atoms with Gasteiger partial charge in [-0.1, -0.05) is 30.3 Å². The molecule has 2 N–H and O–H groups in total. The van der Waals surface area contributed by atoms with Crippen LogP contribution in [0.5, 0.6) is 0 Å². The van der Waals surface area contributed by atoms with E-state index in [0.29, 0.717) is 12.4 Å². The number of aromatic amines is 1. The Hall–Kier alpha value is -2.37. The van der Waals surface area contributed by atoms with Gasteiger partial charge in [0.25, 0.3) is 5.95 Å². The second-order valence-corrected chi connectivity index (χ2v) is 3.22. The molecule has 1 aromatic heterocycles. The lowest BCUT2D eigenvalue weighted by Gasteiger charge is -1.99. The van der Waals surface area contributed by atoms with Crippen LogP contribution in [0.2, 0.25) is 0 Å². The number of aromatic nitrogens is 3. The minimum absolute atomic E-state index is 0.197. The van der Waals surface area contributed by atoms with Crippen LogP contribution in [0.25, 0.3) is 11.4 Å². The maximum absolute atomic E-state index is 11.1. The van der Waals surface area contributed by atoms with Crippen molar-refractivity contribution in [1.29, 1.82) is 0 Å². The Balaban J connectivity index is 2.09. The van der Waals surface area contributed by atoms with Gasteiger partial charge in [-0.3, -0.25) is 10.4 Å². The number of rotatable bonds is 3. The zero-order chi connectivity index (χ0) is 12.1. The molecule has 0 atom stereocenters. The van der Waals surface area contributed by atoms with Crippen LogP contribution in [0.15, 0.2) is 30.3 Å². The van der Waals surface area contributed by atoms with E-state index in [1.54, 1.807) is 6.92 Å². The third kappa shape index (κ3) is 2.81. The molecule has 2 aromatic rings. The molecule has 0 aliphatic rings. The smallest absolute Gasteiger partial charge is 0.414 e. The van der Waals surface area contributed by atoms with E-state index in [1.165, 1.54) is 0 Å². The summed E-state index contributed by atoms with van der Waals surface area (Å²) in [5, 5.41) is 9.02. The Bertz CT molecular complexity index is 495. The molecule has 17 heavy (non-hydrogen) atoms. The summed E-state index contributed by atoms with van der Waals surface area (Å²) in [5.41, 5.74) is 0.900. The van der Waals surface area contributed by atoms with Crippen molar-refractivity contribution >= 4 is 12.0 Å². The number of carbonyl (C=O) groups excluding carboxylic acids is 1. The molecule has 0 saturated heterocycles. The van der Waals surface area contributed by atoms with Crippen LogP contribution < -0.4 is 5.32 Å². The molecule has 0 fully saturated rings. The van der Waals surface area contributed by atoms with Crippen molar-refractivity contribution in [3.63, 3.8) is 0 Å². The minimum Gasteiger partial charge on any atom is -0.450 e. The van der Waals surface area contributed by atoms with Crippen LogP contribution in [-0.2, 0) is 4.74 Å². The van der Waals surface area contributed by atoms with Gasteiger partial charge in [0.05, 0.1) is 6.61 Å². The largest absolute Gasteiger partial charge is 0.450 e. The predicted molar refractivity (Wildman–Crippen MR) is 62.5 cm³/mol. The number of nitrogens with one attached hydrogen (secondary N) is 2. The van der Waals surface area contributed by atoms with E-state index >= 15 is 0 Å². The predicted octanol–water partition coefficient (Wildman–Crippen LogP) is 2.04. The highest BCUT2D eigenvalue weighted by Gasteiger charge is 2.08. The third-order valence-corrected chi connectivity index (χ3v) is 2.02. The van der Waals surface area contributed by atoms with Crippen LogP contribution in [0.1, 0.15) is 6.92 Å². The van der Waals surface area contributed by atoms with Gasteiger partial charge >= 0.3 is 6.09 Å². The quantitative estimate of drug-likeness (QED) is 0.848. The van der Waals surface area contributed by atoms with Gasteiger partial charge in [-0.2, -0.15) is 4.98 Å². The van der Waals surface area contributed by atoms with Gasteiger partial charge in [0, 0.05) is 5.56 Å². The summed E-state index contributed by atoms with van der Waals surface area (Å²) in [6.45, 7) is 2.04. The molecule has 2 rings (SSSR count). The topological polar surface area (TPSA) is 79.9 Å². The lowest BCUT2D eigenvalue weighted by atomic mass is 10.2. The van der Waals surface area contributed by atoms with Crippen molar-refractivity contribution in [1.82, 2.24) is 15.2 Å². The van der Waals surface area contributed by atoms with E-state index in [1.807, 2.05) is 30.3 Å². The summed E-state index contributed by atoms with van der Waals surface area (Å²) in [7, 11) is 0. The van der Waals surface area contributed by atoms with Gasteiger partial charge in [-0.25, -0.2) is 4.79 Å². The van der Waals surface area contributed by atoms with E-state index in [2.05, 4.69) is 20.5 Å². The summed E-state index contributed by atoms with van der Waals surface area (Å²) < 4.78 is 4.72. The fourth-order valence-corrected chi connectivity index (χ4v) is 1.30. The minimum atomic E-state index is -0.564. The molecule has 6 nitrogen and oxygen atoms in total. The molecule has 0 aliphatic carbocycles. The van der Waals surface area contributed by atoms with Crippen LogP contribution in [-0.4, -0.2) is 27.9 Å². The SMILES string of the molecule is CCOC(=O)Nc1n[nH]c(-c2ccccc2)n1. The number of hydrogen-bond acceptors (Lipinski definition) is 4. The first-order valence-corrected chi connectivity index (χ1v) is 5.21. The second kappa shape index (κ2) is 5.11. The zero-order valence-electron chi connectivity index (χ0n) is 9.30. The molecule has 0 saturated carbocycles. The number of nitrogens with zero attached hydrogens (tertiary/aromatic N) is 2. The van der Waals surface area contributed by atoms with Gasteiger partial charge in [-0.15, -0.1) is 5.10 Å². The average Bonchev–Trinajstić information content (AvgIpc) is 2.79. The van der Waals surface area contributed by atoms with Gasteiger partial charge < -0.3 is 4.74 Å². The Labute approximate surface area is 98.0 Å². The van der Waals surface area contributed by atoms with Crippen molar-refractivity contribution in [2.24, 2.45) is 0 Å². The van der Waals surface area contributed by atoms with Crippen LogP contribution >= 0.6 is 0 Å². The van der Waals surface area contributed by atoms with Crippen LogP contribution in [0, 0.1) is 0 Å². The molecule has 1 amide bonds. The molecular weight excluding hydrogens is 220 g/mol. The Kier molecular flexibility index (Phi) is 3.34. The van der Waals surface area contributed by atoms with Gasteiger partial charge in [0.2, 0.25) is 0 Å². The summed E-state index contributed by atoms with van der Waals surface area (Å²) in [6.07, 6.45) is -0.564. The number of amides is 1. The lowest BCUT2D eigenvalue weighted by molar-refractivity contribution is 0.167. The number of anilines is 1. The number of H-pyrrole nitrogens is 1. The molecule has 1 heterocycles. The molecular formula is C11H12N4O2. The van der Waals surface area contributed by atoms with Crippen LogP contribution in [0.4, 0.5) is 10.7 Å². The van der Waals surface area contributed by atoms with Crippen LogP contribution in [0.3, 0.4) is 0 Å². The van der Waals surface area contributed by atoms with Crippen molar-refractivity contribution in [3.8, 4) is 11.4 Å². The standard InChI is InChI=1S/C11H12N4O2/c1-2-17-11(16)13-10-12-9(14-15-10)8-6-4-3-5-7-8/h3-7H,2H2,1H3,(H2,12,13,14,15,16). The van der Waals surface area contributed by atoms with E-state index in [-0.39, 0.29) is 5.95 Å². The Morgan fingerprint density at radius 2 is 2.18 bits per heavy atom. The lowest BCUT2D eigenvalue weighted by Crippen LogP contribution is -2.14. The molecule has 1 aromatic carbocycles. The summed E-state index contributed by atoms with van der Waals surface area (Å²) in [6, 6.07) is 9.51. The van der Waals surface area contributed by atoms with Crippen molar-refractivity contribution in [2.75, 3.05) is 11.9 Å². The summed E-state index contributed by atoms with van der Waals surface area (Å²) in [4.78, 5) is 15.3. The Morgan fingerprint density at radius 3 is 2.88 bits per heavy atom. The first-order chi connectivity index (χ1) is 8.29. The van der Waals surface area contributed by atoms with E-state index < -0.39 is 6.09 Å². The molecule has 0 radical (unpaired) electrons. The summed E-state index contributed by atoms with van der Waals surface area (Å²) >= 11 is 0. The van der Waals surface area contributed by atoms with E-state index in [9.17, 15) is 4.79 Å². The average molecular weight is 232 g/mol. The number of carbonyl (C=O) groups is 1. The third-order valence-electron chi connectivity index (χ3n) is 2.02. The molecule has 6 heteroatoms. The van der Waals surface area contributed by atoms with Crippen molar-refractivity contribution in [3.05, 3.63) is 30.3 Å². The fraction of sp³-hybridized carbons (Fsp3) is 0.182. The Morgan fingerprint density at radius 1 is 1.41 bits per heavy atom. The van der Waals surface area contributed by atoms with Crippen molar-refractivity contribution in [2.45, 2.75) is 6.92 Å². The van der Waals surface area contributed by atoms with Gasteiger partial charge in [-0.05, 0) is 6.92 Å². The monoisotopic (exact) mass is 232 g/mol. The number of hydrogen-bond donors (Lipinski definition) is 2. The highest BCUT2D eigenvalue weighted by molar-refractivity contribution is 5.82. The normalized spacial score (nSPS) is 9.94. The molecule has 0 spiro atoms. The highest BCUT2D eigenvalue weighted by atomic mass is 16.5. The summed E-state index contributed by atoms with van der Waals surface area (Å²) in [5.74, 6) is 0.791. The molecule has 0 unspecified atom stereocenters. The first kappa shape index (κ1) is 11.1. The van der Waals surface area contributed by atoms with E-state index in [4.69, 9.17) is 4.74 Å². The second-order valence-electron chi connectivity index (χ2n) is 3.22. The zero-order valence-corrected chi connectivity index (χ0v) is 9.30. The maximum atomic E-state index is 11.1. The number of benzene rings is 1. The first-order valence-electron chi connectivity index (χ1n) is 5.21. The number of ether oxygens (including phenoxy) is 1. The van der Waals surface area contributed by atoms with Gasteiger partial charge in [0.1, 0.15) is 0 Å². The molecule has 88 valence electrons. The van der Waals surface area contributed by atoms with Crippen molar-refractivity contribution < 1.29 is 9.53 Å². The molecule has 0 aliphatic heterocycles. The molecule has 0 bridgehead atoms. The fourth-order valence-electron chi connectivity index (χ4n) is 1.30. The maximum Gasteiger partial charge on any atom is 0.414 e. The van der Waals surface area contributed by atoms with Gasteiger partial charge in [0.15, 0.2) is 5.82 Å². The highest BCUT2D eigenvalue weighted by Crippen LogP contribution is 2.14. The van der Waals surface area contributed by atoms with E-state index in [0.717, 1.165) is 5.56 Å².